The second-order valence-corrected chi connectivity index (χ2v) is 5.48. The van der Waals surface area contributed by atoms with Gasteiger partial charge >= 0.3 is 5.97 Å². The number of aromatic nitrogens is 3. The van der Waals surface area contributed by atoms with E-state index in [1.165, 1.54) is 0 Å². The molecule has 6 heteroatoms. The molecule has 0 atom stereocenters. The molecule has 0 fully saturated rings. The average Bonchev–Trinajstić information content (AvgIpc) is 2.68. The Labute approximate surface area is 111 Å². The van der Waals surface area contributed by atoms with Crippen LogP contribution in [0.5, 0.6) is 0 Å². The summed E-state index contributed by atoms with van der Waals surface area (Å²) in [7, 11) is 0. The fraction of sp³-hybridized carbons (Fsp3) is 0.462. The highest BCUT2D eigenvalue weighted by molar-refractivity contribution is 5.69. The van der Waals surface area contributed by atoms with Gasteiger partial charge in [-0.15, -0.1) is 0 Å². The maximum absolute atomic E-state index is 10.9. The minimum absolute atomic E-state index is 0.00913. The van der Waals surface area contributed by atoms with Gasteiger partial charge in [-0.2, -0.15) is 0 Å². The highest BCUT2D eigenvalue weighted by atomic mass is 16.4. The number of fused-ring (bicyclic) bond motifs is 1. The van der Waals surface area contributed by atoms with Crippen LogP contribution in [0.15, 0.2) is 24.7 Å². The molecule has 2 aromatic heterocycles. The highest BCUT2D eigenvalue weighted by Gasteiger charge is 2.24. The summed E-state index contributed by atoms with van der Waals surface area (Å²) >= 11 is 0. The highest BCUT2D eigenvalue weighted by Crippen LogP contribution is 2.16. The molecule has 2 heterocycles. The van der Waals surface area contributed by atoms with E-state index in [1.807, 2.05) is 48.5 Å². The lowest BCUT2D eigenvalue weighted by Crippen LogP contribution is -2.43. The minimum Gasteiger partial charge on any atom is -0.480 e. The lowest BCUT2D eigenvalue weighted by molar-refractivity contribution is -0.139. The van der Waals surface area contributed by atoms with Crippen molar-refractivity contribution >= 4 is 11.7 Å². The molecule has 2 rings (SSSR count). The Morgan fingerprint density at radius 1 is 1.47 bits per heavy atom. The third-order valence-electron chi connectivity index (χ3n) is 2.91. The molecule has 0 unspecified atom stereocenters. The third-order valence-corrected chi connectivity index (χ3v) is 2.91. The zero-order valence-corrected chi connectivity index (χ0v) is 11.4. The molecule has 0 amide bonds. The van der Waals surface area contributed by atoms with Crippen molar-refractivity contribution in [2.75, 3.05) is 6.54 Å². The van der Waals surface area contributed by atoms with Crippen molar-refractivity contribution in [2.24, 2.45) is 0 Å². The number of aliphatic carboxylic acids is 1. The fourth-order valence-electron chi connectivity index (χ4n) is 1.84. The number of hydrogen-bond donors (Lipinski definition) is 1. The van der Waals surface area contributed by atoms with E-state index in [0.717, 1.165) is 5.69 Å². The molecule has 0 radical (unpaired) electrons. The molecule has 0 aliphatic carbocycles. The van der Waals surface area contributed by atoms with Gasteiger partial charge in [0.15, 0.2) is 0 Å². The van der Waals surface area contributed by atoms with Gasteiger partial charge in [-0.3, -0.25) is 14.1 Å². The molecular formula is C13H18N4O2. The lowest BCUT2D eigenvalue weighted by atomic mass is 10.1. The molecule has 0 saturated carbocycles. The predicted molar refractivity (Wildman–Crippen MR) is 70.8 cm³/mol. The van der Waals surface area contributed by atoms with Gasteiger partial charge in [0.05, 0.1) is 12.2 Å². The van der Waals surface area contributed by atoms with E-state index in [1.54, 1.807) is 6.20 Å². The van der Waals surface area contributed by atoms with E-state index in [4.69, 9.17) is 5.11 Å². The van der Waals surface area contributed by atoms with Gasteiger partial charge in [-0.25, -0.2) is 9.97 Å². The molecule has 1 N–H and O–H groups in total. The number of nitrogens with zero attached hydrogens (tertiary/aromatic N) is 4. The monoisotopic (exact) mass is 262 g/mol. The van der Waals surface area contributed by atoms with E-state index < -0.39 is 5.97 Å². The van der Waals surface area contributed by atoms with Crippen LogP contribution in [0.3, 0.4) is 0 Å². The number of imidazole rings is 1. The Bertz CT molecular complexity index is 553. The zero-order valence-electron chi connectivity index (χ0n) is 11.4. The minimum atomic E-state index is -0.836. The molecule has 0 spiro atoms. The van der Waals surface area contributed by atoms with Gasteiger partial charge in [0.1, 0.15) is 0 Å². The maximum atomic E-state index is 10.9. The predicted octanol–water partition coefficient (Wildman–Crippen LogP) is 1.41. The number of rotatable bonds is 4. The Hall–Kier alpha value is -1.95. The molecule has 19 heavy (non-hydrogen) atoms. The first-order valence-corrected chi connectivity index (χ1v) is 6.12. The van der Waals surface area contributed by atoms with Crippen LogP contribution in [-0.4, -0.2) is 42.4 Å². The fourth-order valence-corrected chi connectivity index (χ4v) is 1.84. The largest absolute Gasteiger partial charge is 0.480 e. The van der Waals surface area contributed by atoms with Crippen LogP contribution in [0.2, 0.25) is 0 Å². The summed E-state index contributed by atoms with van der Waals surface area (Å²) in [6, 6.07) is 1.83. The lowest BCUT2D eigenvalue weighted by Gasteiger charge is -2.33. The Morgan fingerprint density at radius 2 is 2.21 bits per heavy atom. The molecule has 0 aliphatic rings. The van der Waals surface area contributed by atoms with Crippen molar-refractivity contribution in [1.29, 1.82) is 0 Å². The Morgan fingerprint density at radius 3 is 2.79 bits per heavy atom. The van der Waals surface area contributed by atoms with E-state index in [-0.39, 0.29) is 12.1 Å². The first-order chi connectivity index (χ1) is 8.86. The van der Waals surface area contributed by atoms with Crippen molar-refractivity contribution in [3.05, 3.63) is 30.4 Å². The molecule has 0 bridgehead atoms. The van der Waals surface area contributed by atoms with Crippen LogP contribution < -0.4 is 0 Å². The van der Waals surface area contributed by atoms with Crippen molar-refractivity contribution in [1.82, 2.24) is 19.3 Å². The number of hydrogen-bond acceptors (Lipinski definition) is 4. The molecular weight excluding hydrogens is 244 g/mol. The van der Waals surface area contributed by atoms with E-state index in [9.17, 15) is 4.79 Å². The van der Waals surface area contributed by atoms with Crippen LogP contribution in [0.25, 0.3) is 5.78 Å². The van der Waals surface area contributed by atoms with Crippen molar-refractivity contribution in [2.45, 2.75) is 32.9 Å². The van der Waals surface area contributed by atoms with Crippen LogP contribution in [-0.2, 0) is 11.3 Å². The number of carbonyl (C=O) groups is 1. The molecule has 102 valence electrons. The van der Waals surface area contributed by atoms with Gasteiger partial charge in [-0.05, 0) is 26.8 Å². The number of carboxylic acids is 1. The van der Waals surface area contributed by atoms with E-state index in [2.05, 4.69) is 9.97 Å². The summed E-state index contributed by atoms with van der Waals surface area (Å²) in [6.45, 7) is 6.45. The van der Waals surface area contributed by atoms with Crippen LogP contribution >= 0.6 is 0 Å². The first-order valence-electron chi connectivity index (χ1n) is 6.12. The van der Waals surface area contributed by atoms with Crippen molar-refractivity contribution in [3.8, 4) is 0 Å². The number of carboxylic acid groups (broad SMARTS) is 1. The second kappa shape index (κ2) is 4.97. The maximum Gasteiger partial charge on any atom is 0.317 e. The van der Waals surface area contributed by atoms with Crippen LogP contribution in [0.4, 0.5) is 0 Å². The van der Waals surface area contributed by atoms with Crippen LogP contribution in [0, 0.1) is 0 Å². The summed E-state index contributed by atoms with van der Waals surface area (Å²) < 4.78 is 1.83. The summed E-state index contributed by atoms with van der Waals surface area (Å²) in [5.41, 5.74) is 0.580. The van der Waals surface area contributed by atoms with Gasteiger partial charge in [-0.1, -0.05) is 0 Å². The van der Waals surface area contributed by atoms with Crippen molar-refractivity contribution in [3.63, 3.8) is 0 Å². The Kier molecular flexibility index (Phi) is 3.53. The first kappa shape index (κ1) is 13.5. The summed E-state index contributed by atoms with van der Waals surface area (Å²) in [5, 5.41) is 8.99. The van der Waals surface area contributed by atoms with Gasteiger partial charge in [0.25, 0.3) is 0 Å². The van der Waals surface area contributed by atoms with Crippen LogP contribution in [0.1, 0.15) is 26.5 Å². The second-order valence-electron chi connectivity index (χ2n) is 5.48. The van der Waals surface area contributed by atoms with E-state index in [0.29, 0.717) is 12.3 Å². The topological polar surface area (TPSA) is 70.7 Å². The molecule has 2 aromatic rings. The molecule has 0 aromatic carbocycles. The zero-order chi connectivity index (χ0) is 14.0. The summed E-state index contributed by atoms with van der Waals surface area (Å²) in [4.78, 5) is 21.4. The third kappa shape index (κ3) is 3.29. The van der Waals surface area contributed by atoms with Gasteiger partial charge in [0, 0.05) is 30.7 Å². The summed E-state index contributed by atoms with van der Waals surface area (Å²) in [6.07, 6.45) is 5.44. The molecule has 0 saturated heterocycles. The van der Waals surface area contributed by atoms with Gasteiger partial charge < -0.3 is 5.11 Å². The Balaban J connectivity index is 2.23. The average molecular weight is 262 g/mol. The normalized spacial score (nSPS) is 12.2. The van der Waals surface area contributed by atoms with Gasteiger partial charge in [0.2, 0.25) is 5.78 Å². The smallest absolute Gasteiger partial charge is 0.317 e. The quantitative estimate of drug-likeness (QED) is 0.902. The SMILES string of the molecule is CC(C)(C)N(CC(=O)O)Cc1cn2cccnc2n1. The van der Waals surface area contributed by atoms with E-state index >= 15 is 0 Å². The van der Waals surface area contributed by atoms with Crippen molar-refractivity contribution < 1.29 is 9.90 Å². The molecule has 6 nitrogen and oxygen atoms in total. The standard InChI is InChI=1S/C13H18N4O2/c1-13(2,3)17(9-11(18)19)8-10-7-16-6-4-5-14-12(16)15-10/h4-7H,8-9H2,1-3H3,(H,18,19). The molecule has 0 aliphatic heterocycles. The summed E-state index contributed by atoms with van der Waals surface area (Å²) in [5.74, 6) is -0.210.